The van der Waals surface area contributed by atoms with E-state index in [4.69, 9.17) is 0 Å². The Labute approximate surface area is 152 Å². The molecule has 2 heterocycles. The zero-order valence-electron chi connectivity index (χ0n) is 15.6. The molecule has 3 aliphatic rings. The molecule has 3 nitrogen and oxygen atoms in total. The molecule has 0 aromatic rings. The highest BCUT2D eigenvalue weighted by Gasteiger charge is 2.42. The van der Waals surface area contributed by atoms with Crippen LogP contribution >= 0.6 is 11.8 Å². The monoisotopic (exact) mass is 352 g/mol. The van der Waals surface area contributed by atoms with Gasteiger partial charge in [0, 0.05) is 37.2 Å². The average molecular weight is 353 g/mol. The van der Waals surface area contributed by atoms with Crippen molar-refractivity contribution < 1.29 is 4.79 Å². The van der Waals surface area contributed by atoms with E-state index in [2.05, 4.69) is 16.1 Å². The Bertz CT molecular complexity index is 410. The van der Waals surface area contributed by atoms with Crippen molar-refractivity contribution in [3.63, 3.8) is 0 Å². The van der Waals surface area contributed by atoms with Crippen molar-refractivity contribution in [1.82, 2.24) is 9.80 Å². The maximum Gasteiger partial charge on any atom is 0.223 e. The van der Waals surface area contributed by atoms with Crippen LogP contribution in [0.15, 0.2) is 0 Å². The van der Waals surface area contributed by atoms with E-state index in [1.807, 2.05) is 0 Å². The lowest BCUT2D eigenvalue weighted by Gasteiger charge is -2.41. The predicted molar refractivity (Wildman–Crippen MR) is 103 cm³/mol. The lowest BCUT2D eigenvalue weighted by atomic mass is 9.79. The first kappa shape index (κ1) is 18.6. The molecular formula is C20H36N2OS. The second kappa shape index (κ2) is 8.93. The second-order valence-electron chi connectivity index (χ2n) is 8.48. The minimum absolute atomic E-state index is 0.389. The largest absolute Gasteiger partial charge is 0.342 e. The number of thioether (sulfide) groups is 1. The standard InChI is InChI=1S/C20H36N2OS/c1-24-15-9-19(23)22-14-11-20(17-22)10-5-12-21(16-20)13-8-18-6-3-2-4-7-18/h18H,2-17H2,1H3. The van der Waals surface area contributed by atoms with Crippen LogP contribution in [0.1, 0.15) is 64.2 Å². The molecule has 4 heteroatoms. The van der Waals surface area contributed by atoms with Crippen LogP contribution in [-0.4, -0.2) is 60.4 Å². The SMILES string of the molecule is CSCCC(=O)N1CCC2(CCCN(CCC3CCCCC3)C2)C1. The topological polar surface area (TPSA) is 23.6 Å². The summed E-state index contributed by atoms with van der Waals surface area (Å²) < 4.78 is 0. The van der Waals surface area contributed by atoms with Gasteiger partial charge in [0.15, 0.2) is 0 Å². The molecule has 138 valence electrons. The van der Waals surface area contributed by atoms with Crippen molar-refractivity contribution in [2.45, 2.75) is 64.2 Å². The number of amides is 1. The Morgan fingerprint density at radius 3 is 2.71 bits per heavy atom. The molecule has 0 bridgehead atoms. The molecule has 1 saturated carbocycles. The number of likely N-dealkylation sites (tertiary alicyclic amines) is 2. The molecule has 1 amide bonds. The Morgan fingerprint density at radius 2 is 1.92 bits per heavy atom. The van der Waals surface area contributed by atoms with Crippen LogP contribution < -0.4 is 0 Å². The van der Waals surface area contributed by atoms with Crippen molar-refractivity contribution in [3.05, 3.63) is 0 Å². The van der Waals surface area contributed by atoms with Crippen molar-refractivity contribution >= 4 is 17.7 Å². The summed E-state index contributed by atoms with van der Waals surface area (Å²) in [6, 6.07) is 0. The number of carbonyl (C=O) groups is 1. The Balaban J connectivity index is 1.45. The molecule has 2 aliphatic heterocycles. The van der Waals surface area contributed by atoms with E-state index < -0.39 is 0 Å². The molecular weight excluding hydrogens is 316 g/mol. The van der Waals surface area contributed by atoms with Crippen LogP contribution in [0.3, 0.4) is 0 Å². The molecule has 24 heavy (non-hydrogen) atoms. The van der Waals surface area contributed by atoms with E-state index in [1.54, 1.807) is 11.8 Å². The van der Waals surface area contributed by atoms with Crippen LogP contribution in [0, 0.1) is 11.3 Å². The zero-order valence-corrected chi connectivity index (χ0v) is 16.4. The first-order chi connectivity index (χ1) is 11.7. The van der Waals surface area contributed by atoms with Gasteiger partial charge in [-0.25, -0.2) is 0 Å². The van der Waals surface area contributed by atoms with Gasteiger partial charge in [-0.15, -0.1) is 0 Å². The third-order valence-corrected chi connectivity index (χ3v) is 7.24. The molecule has 1 spiro atoms. The maximum absolute atomic E-state index is 12.3. The van der Waals surface area contributed by atoms with Gasteiger partial charge in [0.2, 0.25) is 5.91 Å². The number of hydrogen-bond acceptors (Lipinski definition) is 3. The zero-order chi connectivity index (χ0) is 16.8. The summed E-state index contributed by atoms with van der Waals surface area (Å²) in [5, 5.41) is 0. The van der Waals surface area contributed by atoms with E-state index in [0.29, 0.717) is 11.3 Å². The summed E-state index contributed by atoms with van der Waals surface area (Å²) in [6.07, 6.45) is 15.4. The fourth-order valence-corrected chi connectivity index (χ4v) is 5.55. The van der Waals surface area contributed by atoms with E-state index in [1.165, 1.54) is 77.4 Å². The molecule has 0 N–H and O–H groups in total. The van der Waals surface area contributed by atoms with Gasteiger partial charge < -0.3 is 9.80 Å². The van der Waals surface area contributed by atoms with Gasteiger partial charge in [0.1, 0.15) is 0 Å². The van der Waals surface area contributed by atoms with Crippen LogP contribution in [0.4, 0.5) is 0 Å². The Morgan fingerprint density at radius 1 is 1.08 bits per heavy atom. The lowest BCUT2D eigenvalue weighted by Crippen LogP contribution is -2.45. The predicted octanol–water partition coefficient (Wildman–Crippen LogP) is 4.02. The lowest BCUT2D eigenvalue weighted by molar-refractivity contribution is -0.130. The number of hydrogen-bond donors (Lipinski definition) is 0. The van der Waals surface area contributed by atoms with Gasteiger partial charge in [0.25, 0.3) is 0 Å². The van der Waals surface area contributed by atoms with Crippen molar-refractivity contribution in [2.75, 3.05) is 44.7 Å². The maximum atomic E-state index is 12.3. The summed E-state index contributed by atoms with van der Waals surface area (Å²) >= 11 is 1.78. The van der Waals surface area contributed by atoms with E-state index in [0.717, 1.165) is 31.2 Å². The number of carbonyl (C=O) groups excluding carboxylic acids is 1. The first-order valence-electron chi connectivity index (χ1n) is 10.2. The second-order valence-corrected chi connectivity index (χ2v) is 9.47. The fourth-order valence-electron chi connectivity index (χ4n) is 5.17. The van der Waals surface area contributed by atoms with E-state index >= 15 is 0 Å². The normalized spacial score (nSPS) is 29.5. The molecule has 0 aromatic carbocycles. The van der Waals surface area contributed by atoms with Gasteiger partial charge in [-0.05, 0) is 50.9 Å². The smallest absolute Gasteiger partial charge is 0.223 e. The third-order valence-electron chi connectivity index (χ3n) is 6.63. The molecule has 3 rings (SSSR count). The summed E-state index contributed by atoms with van der Waals surface area (Å²) in [4.78, 5) is 17.2. The quantitative estimate of drug-likeness (QED) is 0.721. The minimum atomic E-state index is 0.389. The summed E-state index contributed by atoms with van der Waals surface area (Å²) in [6.45, 7) is 5.86. The highest BCUT2D eigenvalue weighted by atomic mass is 32.2. The third kappa shape index (κ3) is 4.91. The molecule has 1 aliphatic carbocycles. The number of rotatable bonds is 6. The fraction of sp³-hybridized carbons (Fsp3) is 0.950. The van der Waals surface area contributed by atoms with Gasteiger partial charge in [-0.1, -0.05) is 32.1 Å². The molecule has 1 unspecified atom stereocenters. The van der Waals surface area contributed by atoms with E-state index in [-0.39, 0.29) is 0 Å². The van der Waals surface area contributed by atoms with Crippen molar-refractivity contribution in [1.29, 1.82) is 0 Å². The van der Waals surface area contributed by atoms with Crippen LogP contribution in [0.25, 0.3) is 0 Å². The van der Waals surface area contributed by atoms with Crippen molar-refractivity contribution in [2.24, 2.45) is 11.3 Å². The molecule has 2 saturated heterocycles. The number of nitrogens with zero attached hydrogens (tertiary/aromatic N) is 2. The molecule has 0 radical (unpaired) electrons. The van der Waals surface area contributed by atoms with Crippen LogP contribution in [0.5, 0.6) is 0 Å². The van der Waals surface area contributed by atoms with Crippen molar-refractivity contribution in [3.8, 4) is 0 Å². The Kier molecular flexibility index (Phi) is 6.91. The first-order valence-corrected chi connectivity index (χ1v) is 11.6. The van der Waals surface area contributed by atoms with E-state index in [9.17, 15) is 4.79 Å². The summed E-state index contributed by atoms with van der Waals surface area (Å²) in [5.74, 6) is 2.35. The summed E-state index contributed by atoms with van der Waals surface area (Å²) in [5.41, 5.74) is 0.417. The van der Waals surface area contributed by atoms with Crippen LogP contribution in [0.2, 0.25) is 0 Å². The summed E-state index contributed by atoms with van der Waals surface area (Å²) in [7, 11) is 0. The molecule has 0 aromatic heterocycles. The van der Waals surface area contributed by atoms with Gasteiger partial charge in [-0.3, -0.25) is 4.79 Å². The molecule has 3 fully saturated rings. The highest BCUT2D eigenvalue weighted by molar-refractivity contribution is 7.98. The number of piperidine rings is 1. The van der Waals surface area contributed by atoms with Gasteiger partial charge in [-0.2, -0.15) is 11.8 Å². The Hall–Kier alpha value is -0.220. The van der Waals surface area contributed by atoms with Gasteiger partial charge >= 0.3 is 0 Å². The van der Waals surface area contributed by atoms with Gasteiger partial charge in [0.05, 0.1) is 0 Å². The van der Waals surface area contributed by atoms with Crippen LogP contribution in [-0.2, 0) is 4.79 Å². The molecule has 1 atom stereocenters. The minimum Gasteiger partial charge on any atom is -0.342 e. The average Bonchev–Trinajstić information content (AvgIpc) is 3.02. The highest BCUT2D eigenvalue weighted by Crippen LogP contribution is 2.39.